The Labute approximate surface area is 206 Å². The molecule has 18 heteroatoms. The van der Waals surface area contributed by atoms with Gasteiger partial charge in [-0.25, -0.2) is 15.0 Å². The van der Waals surface area contributed by atoms with Crippen LogP contribution in [0.5, 0.6) is 0 Å². The number of ether oxygens (including phenoxy) is 1. The molecule has 0 bridgehead atoms. The summed E-state index contributed by atoms with van der Waals surface area (Å²) in [6.07, 6.45) is -6.42. The minimum Gasteiger partial charge on any atom is -0.542 e. The first-order chi connectivity index (χ1) is 15.0. The summed E-state index contributed by atoms with van der Waals surface area (Å²) in [4.78, 5) is 36.3. The van der Waals surface area contributed by atoms with Gasteiger partial charge in [0.1, 0.15) is 42.1 Å². The van der Waals surface area contributed by atoms with Crippen molar-refractivity contribution in [3.63, 3.8) is 0 Å². The Balaban J connectivity index is 0.00000306. The van der Waals surface area contributed by atoms with Crippen LogP contribution in [-0.2, 0) is 13.8 Å². The first-order valence-electron chi connectivity index (χ1n) is 9.07. The van der Waals surface area contributed by atoms with Crippen molar-refractivity contribution in [3.8, 4) is 0 Å². The number of aliphatic hydroxyl groups excluding tert-OH is 3. The number of nitrogens with zero attached hydrogens (tertiary/aromatic N) is 5. The number of hydrogen-bond acceptors (Lipinski definition) is 13. The van der Waals surface area contributed by atoms with Gasteiger partial charge < -0.3 is 50.5 Å². The van der Waals surface area contributed by atoms with Crippen molar-refractivity contribution in [1.29, 1.82) is 0 Å². The zero-order valence-electron chi connectivity index (χ0n) is 17.3. The predicted molar refractivity (Wildman–Crippen MR) is 98.6 cm³/mol. The summed E-state index contributed by atoms with van der Waals surface area (Å²) in [5, 5.41) is 42.2. The van der Waals surface area contributed by atoms with E-state index in [1.165, 1.54) is 10.9 Å². The molecule has 16 nitrogen and oxygen atoms in total. The van der Waals surface area contributed by atoms with Crippen LogP contribution in [0.2, 0.25) is 0 Å². The molecule has 2 unspecified atom stereocenters. The zero-order valence-corrected chi connectivity index (χ0v) is 20.2. The molecule has 2 aromatic heterocycles. The SMILES string of the molecule is CN1CN=c2c(ncn2[C@@H]2O[C@H](C(O)OP(=O)(O)c3c[nH]c(C(=O)[O-])n3)[C@@H](O)[C@H]2O)=C1N.[Na+]. The van der Waals surface area contributed by atoms with Crippen LogP contribution in [0.15, 0.2) is 17.5 Å². The van der Waals surface area contributed by atoms with Gasteiger partial charge in [-0.2, -0.15) is 0 Å². The number of aromatic carboxylic acids is 1. The second kappa shape index (κ2) is 9.42. The number of hydrogen-bond donors (Lipinski definition) is 6. The van der Waals surface area contributed by atoms with Gasteiger partial charge in [0.05, 0.1) is 6.33 Å². The van der Waals surface area contributed by atoms with Gasteiger partial charge in [-0.1, -0.05) is 0 Å². The van der Waals surface area contributed by atoms with Crippen LogP contribution in [0.4, 0.5) is 0 Å². The minimum atomic E-state index is -4.85. The smallest absolute Gasteiger partial charge is 0.542 e. The average molecular weight is 495 g/mol. The molecule has 33 heavy (non-hydrogen) atoms. The Morgan fingerprint density at radius 1 is 1.45 bits per heavy atom. The molecular weight excluding hydrogens is 476 g/mol. The van der Waals surface area contributed by atoms with Gasteiger partial charge in [0.25, 0.3) is 0 Å². The van der Waals surface area contributed by atoms with Gasteiger partial charge in [0, 0.05) is 13.2 Å². The van der Waals surface area contributed by atoms with Crippen LogP contribution in [0.25, 0.3) is 5.82 Å². The van der Waals surface area contributed by atoms with Crippen molar-refractivity contribution in [2.45, 2.75) is 30.8 Å². The number of imidazole rings is 2. The van der Waals surface area contributed by atoms with Crippen molar-refractivity contribution in [2.75, 3.05) is 13.7 Å². The Hall–Kier alpha value is -1.85. The van der Waals surface area contributed by atoms with E-state index in [0.717, 1.165) is 6.20 Å². The van der Waals surface area contributed by atoms with E-state index in [0.29, 0.717) is 11.2 Å². The molecular formula is C15H19N7NaO9P. The summed E-state index contributed by atoms with van der Waals surface area (Å²) in [6.45, 7) is 0.205. The van der Waals surface area contributed by atoms with Crippen LogP contribution < -0.4 is 56.7 Å². The molecule has 4 heterocycles. The molecule has 0 aromatic carbocycles. The van der Waals surface area contributed by atoms with E-state index < -0.39 is 55.7 Å². The maximum atomic E-state index is 12.4. The van der Waals surface area contributed by atoms with Gasteiger partial charge in [0.15, 0.2) is 29.3 Å². The normalized spacial score (nSPS) is 27.3. The van der Waals surface area contributed by atoms with Crippen molar-refractivity contribution in [2.24, 2.45) is 10.7 Å². The summed E-state index contributed by atoms with van der Waals surface area (Å²) in [5.41, 5.74) is 5.53. The van der Waals surface area contributed by atoms with E-state index in [2.05, 4.69) is 19.9 Å². The molecule has 1 fully saturated rings. The molecule has 2 aliphatic heterocycles. The molecule has 7 N–H and O–H groups in total. The number of aliphatic hydroxyl groups is 3. The second-order valence-corrected chi connectivity index (χ2v) is 8.80. The van der Waals surface area contributed by atoms with E-state index in [9.17, 15) is 34.7 Å². The molecule has 0 aliphatic carbocycles. The first kappa shape index (κ1) is 25.8. The number of nitrogens with one attached hydrogen (secondary N) is 1. The van der Waals surface area contributed by atoms with Crippen molar-refractivity contribution in [3.05, 3.63) is 29.2 Å². The van der Waals surface area contributed by atoms with E-state index >= 15 is 0 Å². The number of aromatic nitrogens is 4. The Morgan fingerprint density at radius 3 is 2.79 bits per heavy atom. The molecule has 4 rings (SSSR count). The number of aromatic amines is 1. The maximum absolute atomic E-state index is 12.4. The molecule has 1 saturated heterocycles. The van der Waals surface area contributed by atoms with E-state index in [1.807, 2.05) is 0 Å². The molecule has 0 saturated carbocycles. The number of nitrogens with two attached hydrogens (primary N) is 1. The molecule has 174 valence electrons. The van der Waals surface area contributed by atoms with E-state index in [-0.39, 0.29) is 41.7 Å². The predicted octanol–water partition coefficient (Wildman–Crippen LogP) is -9.01. The fraction of sp³-hybridized carbons (Fsp3) is 0.467. The van der Waals surface area contributed by atoms with Crippen LogP contribution >= 0.6 is 7.60 Å². The summed E-state index contributed by atoms with van der Waals surface area (Å²) in [6, 6.07) is 0. The minimum absolute atomic E-state index is 0. The monoisotopic (exact) mass is 495 g/mol. The number of carbonyl (C=O) groups is 1. The molecule has 6 atom stereocenters. The summed E-state index contributed by atoms with van der Waals surface area (Å²) in [7, 11) is -3.15. The first-order valence-corrected chi connectivity index (χ1v) is 10.7. The van der Waals surface area contributed by atoms with Crippen LogP contribution in [0, 0.1) is 0 Å². The second-order valence-electron chi connectivity index (χ2n) is 7.09. The van der Waals surface area contributed by atoms with Crippen molar-refractivity contribution < 1.29 is 73.5 Å². The van der Waals surface area contributed by atoms with Gasteiger partial charge >= 0.3 is 37.2 Å². The molecule has 0 amide bonds. The number of H-pyrrole nitrogens is 1. The summed E-state index contributed by atoms with van der Waals surface area (Å²) >= 11 is 0. The maximum Gasteiger partial charge on any atom is 1.00 e. The quantitative estimate of drug-likeness (QED) is 0.124. The molecule has 0 radical (unpaired) electrons. The number of carbonyl (C=O) groups excluding carboxylic acids is 1. The molecule has 2 aliphatic rings. The topological polar surface area (TPSA) is 245 Å². The third-order valence-electron chi connectivity index (χ3n) is 4.98. The van der Waals surface area contributed by atoms with Gasteiger partial charge in [0.2, 0.25) is 0 Å². The average Bonchev–Trinajstić information content (AvgIpc) is 3.44. The third kappa shape index (κ3) is 4.59. The summed E-state index contributed by atoms with van der Waals surface area (Å²) in [5.74, 6) is -2.12. The van der Waals surface area contributed by atoms with Crippen LogP contribution in [0.3, 0.4) is 0 Å². The Kier molecular flexibility index (Phi) is 7.36. The zero-order chi connectivity index (χ0) is 23.4. The number of carboxylic acids is 1. The largest absolute Gasteiger partial charge is 1.00 e. The van der Waals surface area contributed by atoms with E-state index in [4.69, 9.17) is 15.0 Å². The molecule has 0 spiro atoms. The van der Waals surface area contributed by atoms with Crippen LogP contribution in [0.1, 0.15) is 16.8 Å². The number of fused-ring (bicyclic) bond motifs is 1. The fourth-order valence-corrected chi connectivity index (χ4v) is 4.26. The third-order valence-corrected chi connectivity index (χ3v) is 6.29. The fourth-order valence-electron chi connectivity index (χ4n) is 3.28. The Bertz CT molecular complexity index is 1220. The number of carboxylic acid groups (broad SMARTS) is 1. The van der Waals surface area contributed by atoms with Gasteiger partial charge in [-0.3, -0.25) is 13.7 Å². The summed E-state index contributed by atoms with van der Waals surface area (Å²) < 4.78 is 23.9. The van der Waals surface area contributed by atoms with Gasteiger partial charge in [-0.05, 0) is 0 Å². The standard InChI is InChI=1S/C15H20N7O9P.Na/c1-21-3-19-12-6(10(21)16)18-4-22(12)13-8(24)7(23)9(30-13)15(27)31-32(28,29)5-2-17-11(20-5)14(25)26;/h2,4,7-9,13,15,23-24,27H,3,16H2,1H3,(H,17,20)(H,25,26)(H,28,29);/q;+1/p-1/t7-,8+,9-,13+,15?;/m0./s1. The van der Waals surface area contributed by atoms with E-state index in [1.54, 1.807) is 11.9 Å². The Morgan fingerprint density at radius 2 is 2.15 bits per heavy atom. The number of rotatable bonds is 6. The van der Waals surface area contributed by atoms with Gasteiger partial charge in [-0.15, -0.1) is 0 Å². The van der Waals surface area contributed by atoms with Crippen molar-refractivity contribution in [1.82, 2.24) is 24.4 Å². The van der Waals surface area contributed by atoms with Crippen LogP contribution in [-0.4, -0.2) is 88.9 Å². The molecule has 2 aromatic rings. The van der Waals surface area contributed by atoms with Crippen molar-refractivity contribution >= 4 is 24.8 Å².